The number of nitrogens with zero attached hydrogens (tertiary/aromatic N) is 4. The third-order valence-corrected chi connectivity index (χ3v) is 4.19. The van der Waals surface area contributed by atoms with Gasteiger partial charge in [-0.3, -0.25) is 9.48 Å². The summed E-state index contributed by atoms with van der Waals surface area (Å²) >= 11 is 6.30. The van der Waals surface area contributed by atoms with Gasteiger partial charge in [-0.1, -0.05) is 29.8 Å². The number of hydrogen-bond donors (Lipinski definition) is 1. The van der Waals surface area contributed by atoms with Crippen LogP contribution in [0.3, 0.4) is 0 Å². The van der Waals surface area contributed by atoms with Crippen LogP contribution in [0.5, 0.6) is 0 Å². The maximum absolute atomic E-state index is 12.6. The summed E-state index contributed by atoms with van der Waals surface area (Å²) in [6.45, 7) is 2.75. The van der Waals surface area contributed by atoms with E-state index in [1.807, 2.05) is 29.2 Å². The zero-order valence-corrected chi connectivity index (χ0v) is 14.1. The van der Waals surface area contributed by atoms with E-state index in [4.69, 9.17) is 11.6 Å². The van der Waals surface area contributed by atoms with Gasteiger partial charge in [-0.25, -0.2) is 4.98 Å². The molecule has 8 heteroatoms. The molecule has 0 bridgehead atoms. The molecule has 1 saturated heterocycles. The van der Waals surface area contributed by atoms with Crippen LogP contribution in [-0.2, 0) is 11.3 Å². The van der Waals surface area contributed by atoms with Crippen LogP contribution in [0.4, 0.5) is 0 Å². The number of carbonyl (C=O) groups is 1. The zero-order valence-electron chi connectivity index (χ0n) is 12.6. The molecular formula is C15H19Cl2N5O. The Labute approximate surface area is 146 Å². The van der Waals surface area contributed by atoms with Crippen molar-refractivity contribution in [2.24, 2.45) is 0 Å². The molecule has 1 atom stereocenters. The van der Waals surface area contributed by atoms with Crippen LogP contribution >= 0.6 is 24.0 Å². The molecule has 1 N–H and O–H groups in total. The lowest BCUT2D eigenvalue weighted by Gasteiger charge is -2.37. The van der Waals surface area contributed by atoms with Crippen molar-refractivity contribution in [1.29, 1.82) is 0 Å². The van der Waals surface area contributed by atoms with Crippen molar-refractivity contribution in [2.75, 3.05) is 19.6 Å². The topological polar surface area (TPSA) is 63.1 Å². The molecule has 2 heterocycles. The average molecular weight is 356 g/mol. The standard InChI is InChI=1S/C15H18ClN5O.ClH/c16-13-4-2-1-3-12(13)14-9-17-6-8-21(14)15(22)5-7-20-11-18-10-19-20;/h1-4,10-11,14,17H,5-9H2;1H. The van der Waals surface area contributed by atoms with Crippen LogP contribution in [0.15, 0.2) is 36.9 Å². The van der Waals surface area contributed by atoms with Gasteiger partial charge in [0.25, 0.3) is 0 Å². The largest absolute Gasteiger partial charge is 0.333 e. The summed E-state index contributed by atoms with van der Waals surface area (Å²) in [5, 5.41) is 8.06. The highest BCUT2D eigenvalue weighted by Crippen LogP contribution is 2.28. The van der Waals surface area contributed by atoms with E-state index in [1.165, 1.54) is 6.33 Å². The van der Waals surface area contributed by atoms with Crippen molar-refractivity contribution in [1.82, 2.24) is 25.0 Å². The van der Waals surface area contributed by atoms with Crippen molar-refractivity contribution in [3.8, 4) is 0 Å². The number of aromatic nitrogens is 3. The Bertz CT molecular complexity index is 635. The first kappa shape index (κ1) is 17.7. The first-order valence-electron chi connectivity index (χ1n) is 7.33. The van der Waals surface area contributed by atoms with Gasteiger partial charge in [-0.2, -0.15) is 5.10 Å². The van der Waals surface area contributed by atoms with E-state index in [1.54, 1.807) is 11.0 Å². The molecule has 1 aromatic heterocycles. The van der Waals surface area contributed by atoms with E-state index >= 15 is 0 Å². The molecule has 1 aliphatic heterocycles. The van der Waals surface area contributed by atoms with E-state index in [-0.39, 0.29) is 24.4 Å². The molecule has 1 fully saturated rings. The number of hydrogen-bond acceptors (Lipinski definition) is 4. The molecule has 0 aliphatic carbocycles. The molecule has 0 spiro atoms. The van der Waals surface area contributed by atoms with Crippen LogP contribution in [-0.4, -0.2) is 45.2 Å². The van der Waals surface area contributed by atoms with Crippen LogP contribution in [0.1, 0.15) is 18.0 Å². The number of aryl methyl sites for hydroxylation is 1. The average Bonchev–Trinajstić information content (AvgIpc) is 3.06. The fourth-order valence-electron chi connectivity index (χ4n) is 2.73. The number of carbonyl (C=O) groups excluding carboxylic acids is 1. The van der Waals surface area contributed by atoms with Gasteiger partial charge in [0.15, 0.2) is 0 Å². The number of piperazine rings is 1. The van der Waals surface area contributed by atoms with E-state index in [0.29, 0.717) is 24.5 Å². The van der Waals surface area contributed by atoms with E-state index in [0.717, 1.165) is 18.7 Å². The second-order valence-corrected chi connectivity index (χ2v) is 5.64. The Morgan fingerprint density at radius 1 is 1.39 bits per heavy atom. The van der Waals surface area contributed by atoms with Crippen molar-refractivity contribution in [3.63, 3.8) is 0 Å². The van der Waals surface area contributed by atoms with Crippen molar-refractivity contribution in [2.45, 2.75) is 19.0 Å². The molecule has 6 nitrogen and oxygen atoms in total. The first-order valence-corrected chi connectivity index (χ1v) is 7.70. The lowest BCUT2D eigenvalue weighted by molar-refractivity contribution is -0.134. The highest BCUT2D eigenvalue weighted by Gasteiger charge is 2.28. The summed E-state index contributed by atoms with van der Waals surface area (Å²) < 4.78 is 1.67. The number of halogens is 2. The maximum Gasteiger partial charge on any atom is 0.225 e. The van der Waals surface area contributed by atoms with Gasteiger partial charge in [0, 0.05) is 31.1 Å². The maximum atomic E-state index is 12.6. The lowest BCUT2D eigenvalue weighted by atomic mass is 10.0. The molecule has 2 aromatic rings. The monoisotopic (exact) mass is 355 g/mol. The fourth-order valence-corrected chi connectivity index (χ4v) is 2.99. The van der Waals surface area contributed by atoms with Crippen LogP contribution in [0.25, 0.3) is 0 Å². The van der Waals surface area contributed by atoms with Crippen LogP contribution < -0.4 is 5.32 Å². The van der Waals surface area contributed by atoms with Gasteiger partial charge in [0.1, 0.15) is 12.7 Å². The number of benzene rings is 1. The summed E-state index contributed by atoms with van der Waals surface area (Å²) in [4.78, 5) is 18.4. The summed E-state index contributed by atoms with van der Waals surface area (Å²) in [6, 6.07) is 7.68. The minimum Gasteiger partial charge on any atom is -0.333 e. The molecular weight excluding hydrogens is 337 g/mol. The molecule has 23 heavy (non-hydrogen) atoms. The van der Waals surface area contributed by atoms with E-state index < -0.39 is 0 Å². The van der Waals surface area contributed by atoms with E-state index in [9.17, 15) is 4.79 Å². The van der Waals surface area contributed by atoms with Gasteiger partial charge >= 0.3 is 0 Å². The highest BCUT2D eigenvalue weighted by molar-refractivity contribution is 6.31. The van der Waals surface area contributed by atoms with Crippen LogP contribution in [0.2, 0.25) is 5.02 Å². The molecule has 3 rings (SSSR count). The molecule has 0 radical (unpaired) electrons. The smallest absolute Gasteiger partial charge is 0.225 e. The Morgan fingerprint density at radius 2 is 2.22 bits per heavy atom. The number of nitrogens with one attached hydrogen (secondary N) is 1. The van der Waals surface area contributed by atoms with Gasteiger partial charge in [-0.05, 0) is 11.6 Å². The number of rotatable bonds is 4. The second-order valence-electron chi connectivity index (χ2n) is 5.24. The predicted octanol–water partition coefficient (Wildman–Crippen LogP) is 1.92. The first-order chi connectivity index (χ1) is 10.8. The summed E-state index contributed by atoms with van der Waals surface area (Å²) in [5.74, 6) is 0.113. The van der Waals surface area contributed by atoms with Crippen molar-refractivity contribution in [3.05, 3.63) is 47.5 Å². The summed E-state index contributed by atoms with van der Waals surface area (Å²) in [7, 11) is 0. The quantitative estimate of drug-likeness (QED) is 0.909. The zero-order chi connectivity index (χ0) is 15.4. The lowest BCUT2D eigenvalue weighted by Crippen LogP contribution is -2.49. The third kappa shape index (κ3) is 4.22. The van der Waals surface area contributed by atoms with Gasteiger partial charge in [0.2, 0.25) is 5.91 Å². The van der Waals surface area contributed by atoms with Crippen molar-refractivity contribution < 1.29 is 4.79 Å². The number of amides is 1. The van der Waals surface area contributed by atoms with Gasteiger partial charge < -0.3 is 10.2 Å². The van der Waals surface area contributed by atoms with Gasteiger partial charge in [-0.15, -0.1) is 12.4 Å². The molecule has 0 saturated carbocycles. The Kier molecular flexibility index (Phi) is 6.38. The second kappa shape index (κ2) is 8.29. The minimum absolute atomic E-state index is 0. The summed E-state index contributed by atoms with van der Waals surface area (Å²) in [6.07, 6.45) is 3.50. The Hall–Kier alpha value is -1.63. The Morgan fingerprint density at radius 3 is 2.96 bits per heavy atom. The molecule has 124 valence electrons. The molecule has 1 aromatic carbocycles. The SMILES string of the molecule is Cl.O=C(CCn1cncn1)N1CCNCC1c1ccccc1Cl. The summed E-state index contributed by atoms with van der Waals surface area (Å²) in [5.41, 5.74) is 0.991. The van der Waals surface area contributed by atoms with Gasteiger partial charge in [0.05, 0.1) is 12.6 Å². The Balaban J connectivity index is 0.00000192. The minimum atomic E-state index is -0.0225. The third-order valence-electron chi connectivity index (χ3n) is 3.85. The van der Waals surface area contributed by atoms with Crippen LogP contribution in [0, 0.1) is 0 Å². The normalized spacial score (nSPS) is 17.6. The van der Waals surface area contributed by atoms with Crippen molar-refractivity contribution >= 4 is 29.9 Å². The highest BCUT2D eigenvalue weighted by atomic mass is 35.5. The predicted molar refractivity (Wildman–Crippen MR) is 90.7 cm³/mol. The fraction of sp³-hybridized carbons (Fsp3) is 0.400. The molecule has 1 aliphatic rings. The van der Waals surface area contributed by atoms with E-state index in [2.05, 4.69) is 15.4 Å². The molecule has 1 amide bonds. The molecule has 1 unspecified atom stereocenters.